The van der Waals surface area contributed by atoms with Crippen LogP contribution in [0.15, 0.2) is 18.2 Å². The molecule has 3 heteroatoms. The van der Waals surface area contributed by atoms with E-state index in [0.717, 1.165) is 24.8 Å². The van der Waals surface area contributed by atoms with Gasteiger partial charge in [0.1, 0.15) is 5.82 Å². The molecule has 0 spiro atoms. The van der Waals surface area contributed by atoms with E-state index in [9.17, 15) is 4.39 Å². The van der Waals surface area contributed by atoms with Crippen molar-refractivity contribution in [3.8, 4) is 0 Å². The molecule has 1 aromatic rings. The molecule has 0 bridgehead atoms. The van der Waals surface area contributed by atoms with E-state index < -0.39 is 0 Å². The van der Waals surface area contributed by atoms with E-state index in [2.05, 4.69) is 0 Å². The molecule has 1 aliphatic carbocycles. The van der Waals surface area contributed by atoms with Crippen molar-refractivity contribution < 1.29 is 4.39 Å². The van der Waals surface area contributed by atoms with Crippen molar-refractivity contribution in [3.05, 3.63) is 34.6 Å². The Kier molecular flexibility index (Phi) is 4.41. The normalized spacial score (nSPS) is 25.6. The molecule has 1 saturated carbocycles. The minimum absolute atomic E-state index is 0.200. The fourth-order valence-electron chi connectivity index (χ4n) is 2.64. The van der Waals surface area contributed by atoms with Crippen molar-refractivity contribution in [2.24, 2.45) is 11.7 Å². The highest BCUT2D eigenvalue weighted by Crippen LogP contribution is 2.27. The minimum Gasteiger partial charge on any atom is -0.327 e. The third-order valence-corrected chi connectivity index (χ3v) is 3.95. The van der Waals surface area contributed by atoms with Crippen molar-refractivity contribution in [2.75, 3.05) is 0 Å². The average molecular weight is 256 g/mol. The lowest BCUT2D eigenvalue weighted by Crippen LogP contribution is -2.30. The van der Waals surface area contributed by atoms with Gasteiger partial charge in [-0.2, -0.15) is 0 Å². The lowest BCUT2D eigenvalue weighted by molar-refractivity contribution is 0.390. The number of hydrogen-bond acceptors (Lipinski definition) is 1. The molecular weight excluding hydrogens is 237 g/mol. The number of halogens is 2. The summed E-state index contributed by atoms with van der Waals surface area (Å²) in [5, 5.41) is 0.455. The summed E-state index contributed by atoms with van der Waals surface area (Å²) in [5.74, 6) is 0.210. The molecule has 2 N–H and O–H groups in total. The Balaban J connectivity index is 2.08. The van der Waals surface area contributed by atoms with Crippen molar-refractivity contribution >= 4 is 11.6 Å². The topological polar surface area (TPSA) is 26.0 Å². The first-order valence-corrected chi connectivity index (χ1v) is 6.74. The third kappa shape index (κ3) is 3.43. The first-order valence-electron chi connectivity index (χ1n) is 6.36. The highest BCUT2D eigenvalue weighted by molar-refractivity contribution is 6.30. The summed E-state index contributed by atoms with van der Waals surface area (Å²) >= 11 is 5.75. The molecule has 94 valence electrons. The molecular formula is C14H19ClFN. The van der Waals surface area contributed by atoms with Crippen LogP contribution in [-0.2, 0) is 6.42 Å². The molecule has 0 aromatic heterocycles. The van der Waals surface area contributed by atoms with Crippen LogP contribution in [0, 0.1) is 11.7 Å². The van der Waals surface area contributed by atoms with E-state index in [4.69, 9.17) is 17.3 Å². The van der Waals surface area contributed by atoms with Crippen LogP contribution >= 0.6 is 11.6 Å². The summed E-state index contributed by atoms with van der Waals surface area (Å²) in [5.41, 5.74) is 6.91. The molecule has 2 atom stereocenters. The predicted molar refractivity (Wildman–Crippen MR) is 69.7 cm³/mol. The van der Waals surface area contributed by atoms with Gasteiger partial charge in [0.25, 0.3) is 0 Å². The number of nitrogens with two attached hydrogens (primary N) is 1. The van der Waals surface area contributed by atoms with E-state index in [1.807, 2.05) is 0 Å². The third-order valence-electron chi connectivity index (χ3n) is 3.72. The highest BCUT2D eigenvalue weighted by atomic mass is 35.5. The first kappa shape index (κ1) is 12.8. The molecule has 0 heterocycles. The fraction of sp³-hybridized carbons (Fsp3) is 0.571. The lowest BCUT2D eigenvalue weighted by Gasteiger charge is -2.21. The number of rotatable bonds is 2. The Morgan fingerprint density at radius 2 is 2.00 bits per heavy atom. The van der Waals surface area contributed by atoms with E-state index in [1.54, 1.807) is 12.1 Å². The zero-order chi connectivity index (χ0) is 12.3. The molecule has 1 nitrogen and oxygen atoms in total. The van der Waals surface area contributed by atoms with Crippen LogP contribution in [-0.4, -0.2) is 6.04 Å². The standard InChI is InChI=1S/C14H19ClFN/c15-12-7-6-10(13(16)9-12)8-11-4-2-1-3-5-14(11)17/h6-7,9,11,14H,1-5,8,17H2. The quantitative estimate of drug-likeness (QED) is 0.797. The van der Waals surface area contributed by atoms with E-state index in [-0.39, 0.29) is 11.9 Å². The Morgan fingerprint density at radius 3 is 2.76 bits per heavy atom. The van der Waals surface area contributed by atoms with Gasteiger partial charge in [0.2, 0.25) is 0 Å². The zero-order valence-electron chi connectivity index (χ0n) is 9.96. The maximum absolute atomic E-state index is 13.7. The second-order valence-electron chi connectivity index (χ2n) is 5.00. The smallest absolute Gasteiger partial charge is 0.127 e. The fourth-order valence-corrected chi connectivity index (χ4v) is 2.80. The Bertz CT molecular complexity index is 380. The van der Waals surface area contributed by atoms with Gasteiger partial charge >= 0.3 is 0 Å². The second kappa shape index (κ2) is 5.83. The zero-order valence-corrected chi connectivity index (χ0v) is 10.7. The molecule has 1 fully saturated rings. The summed E-state index contributed by atoms with van der Waals surface area (Å²) in [6.45, 7) is 0. The summed E-state index contributed by atoms with van der Waals surface area (Å²) in [6, 6.07) is 5.14. The summed E-state index contributed by atoms with van der Waals surface area (Å²) in [6.07, 6.45) is 6.61. The first-order chi connectivity index (χ1) is 8.16. The summed E-state index contributed by atoms with van der Waals surface area (Å²) < 4.78 is 13.7. The van der Waals surface area contributed by atoms with Gasteiger partial charge in [-0.3, -0.25) is 0 Å². The van der Waals surface area contributed by atoms with Crippen LogP contribution in [0.4, 0.5) is 4.39 Å². The SMILES string of the molecule is NC1CCCCCC1Cc1ccc(Cl)cc1F. The molecule has 1 aromatic carbocycles. The monoisotopic (exact) mass is 255 g/mol. The second-order valence-corrected chi connectivity index (χ2v) is 5.44. The van der Waals surface area contributed by atoms with Crippen molar-refractivity contribution in [1.82, 2.24) is 0 Å². The summed E-state index contributed by atoms with van der Waals surface area (Å²) in [4.78, 5) is 0. The van der Waals surface area contributed by atoms with Crippen LogP contribution in [0.2, 0.25) is 5.02 Å². The van der Waals surface area contributed by atoms with Crippen molar-refractivity contribution in [3.63, 3.8) is 0 Å². The Morgan fingerprint density at radius 1 is 1.24 bits per heavy atom. The van der Waals surface area contributed by atoms with E-state index in [0.29, 0.717) is 10.9 Å². The van der Waals surface area contributed by atoms with E-state index >= 15 is 0 Å². The largest absolute Gasteiger partial charge is 0.327 e. The maximum atomic E-state index is 13.7. The predicted octanol–water partition coefficient (Wildman–Crippen LogP) is 3.93. The van der Waals surface area contributed by atoms with Crippen molar-refractivity contribution in [1.29, 1.82) is 0 Å². The molecule has 0 saturated heterocycles. The van der Waals surface area contributed by atoms with Crippen LogP contribution in [0.25, 0.3) is 0 Å². The average Bonchev–Trinajstić information content (AvgIpc) is 2.48. The molecule has 1 aliphatic rings. The summed E-state index contributed by atoms with van der Waals surface area (Å²) in [7, 11) is 0. The van der Waals surface area contributed by atoms with Gasteiger partial charge in [-0.05, 0) is 42.9 Å². The molecule has 0 radical (unpaired) electrons. The highest BCUT2D eigenvalue weighted by Gasteiger charge is 2.21. The van der Waals surface area contributed by atoms with Crippen LogP contribution < -0.4 is 5.73 Å². The lowest BCUT2D eigenvalue weighted by atomic mass is 9.89. The van der Waals surface area contributed by atoms with Gasteiger partial charge in [-0.25, -0.2) is 4.39 Å². The number of benzene rings is 1. The van der Waals surface area contributed by atoms with Crippen LogP contribution in [0.1, 0.15) is 37.7 Å². The molecule has 2 rings (SSSR count). The minimum atomic E-state index is -0.200. The van der Waals surface area contributed by atoms with Gasteiger partial charge in [0.15, 0.2) is 0 Å². The molecule has 0 amide bonds. The molecule has 0 aliphatic heterocycles. The Hall–Kier alpha value is -0.600. The van der Waals surface area contributed by atoms with Crippen LogP contribution in [0.3, 0.4) is 0 Å². The van der Waals surface area contributed by atoms with Gasteiger partial charge in [0.05, 0.1) is 0 Å². The Labute approximate surface area is 107 Å². The van der Waals surface area contributed by atoms with Crippen molar-refractivity contribution in [2.45, 2.75) is 44.6 Å². The maximum Gasteiger partial charge on any atom is 0.127 e. The van der Waals surface area contributed by atoms with Gasteiger partial charge in [-0.1, -0.05) is 36.9 Å². The van der Waals surface area contributed by atoms with Gasteiger partial charge < -0.3 is 5.73 Å². The molecule has 17 heavy (non-hydrogen) atoms. The van der Waals surface area contributed by atoms with Crippen LogP contribution in [0.5, 0.6) is 0 Å². The number of hydrogen-bond donors (Lipinski definition) is 1. The molecule has 2 unspecified atom stereocenters. The van der Waals surface area contributed by atoms with E-state index in [1.165, 1.54) is 25.3 Å². The van der Waals surface area contributed by atoms with Gasteiger partial charge in [0, 0.05) is 11.1 Å². The van der Waals surface area contributed by atoms with Gasteiger partial charge in [-0.15, -0.1) is 0 Å².